The lowest BCUT2D eigenvalue weighted by molar-refractivity contribution is -0.384. The number of non-ortho nitro benzene ring substituents is 1. The molecule has 0 bridgehead atoms. The monoisotopic (exact) mass is 387 g/mol. The van der Waals surface area contributed by atoms with E-state index in [0.29, 0.717) is 12.3 Å². The molecule has 1 fully saturated rings. The Hall–Kier alpha value is -2.84. The van der Waals surface area contributed by atoms with E-state index in [1.807, 2.05) is 24.3 Å². The van der Waals surface area contributed by atoms with Crippen molar-refractivity contribution in [1.82, 2.24) is 4.90 Å². The Bertz CT molecular complexity index is 758. The largest absolute Gasteiger partial charge is 0.497 e. The third-order valence-electron chi connectivity index (χ3n) is 4.77. The fourth-order valence-electron chi connectivity index (χ4n) is 3.19. The lowest BCUT2D eigenvalue weighted by atomic mass is 10.2. The molecule has 0 aromatic heterocycles. The number of aliphatic hydroxyl groups is 1. The van der Waals surface area contributed by atoms with Crippen molar-refractivity contribution in [2.75, 3.05) is 51.3 Å². The molecule has 0 amide bonds. The van der Waals surface area contributed by atoms with Gasteiger partial charge in [0.2, 0.25) is 0 Å². The first-order valence-corrected chi connectivity index (χ1v) is 9.22. The van der Waals surface area contributed by atoms with E-state index in [0.717, 1.165) is 37.6 Å². The Kier molecular flexibility index (Phi) is 6.67. The highest BCUT2D eigenvalue weighted by atomic mass is 16.6. The van der Waals surface area contributed by atoms with E-state index in [4.69, 9.17) is 9.47 Å². The molecule has 0 spiro atoms. The SMILES string of the molecule is COc1ccc(OCC(O)CN2CCN(c3ccc([N+](=O)[O-])cc3)CC2)cc1. The summed E-state index contributed by atoms with van der Waals surface area (Å²) in [5, 5.41) is 21.0. The van der Waals surface area contributed by atoms with Crippen molar-refractivity contribution >= 4 is 11.4 Å². The van der Waals surface area contributed by atoms with Crippen molar-refractivity contribution in [3.05, 3.63) is 58.6 Å². The van der Waals surface area contributed by atoms with Crippen molar-refractivity contribution in [3.8, 4) is 11.5 Å². The first kappa shape index (κ1) is 19.9. The Morgan fingerprint density at radius 3 is 2.21 bits per heavy atom. The molecule has 3 rings (SSSR count). The molecule has 1 N–H and O–H groups in total. The third-order valence-corrected chi connectivity index (χ3v) is 4.77. The third kappa shape index (κ3) is 5.34. The van der Waals surface area contributed by atoms with Crippen molar-refractivity contribution < 1.29 is 19.5 Å². The number of hydrogen-bond acceptors (Lipinski definition) is 7. The van der Waals surface area contributed by atoms with Crippen LogP contribution in [0.1, 0.15) is 0 Å². The summed E-state index contributed by atoms with van der Waals surface area (Å²) in [6, 6.07) is 13.9. The second kappa shape index (κ2) is 9.38. The Labute approximate surface area is 164 Å². The number of aliphatic hydroxyl groups excluding tert-OH is 1. The number of piperazine rings is 1. The van der Waals surface area contributed by atoms with Gasteiger partial charge in [-0.15, -0.1) is 0 Å². The van der Waals surface area contributed by atoms with Crippen LogP contribution in [0.25, 0.3) is 0 Å². The van der Waals surface area contributed by atoms with E-state index < -0.39 is 11.0 Å². The highest BCUT2D eigenvalue weighted by Gasteiger charge is 2.20. The molecule has 2 aromatic carbocycles. The van der Waals surface area contributed by atoms with Crippen LogP contribution in [0.2, 0.25) is 0 Å². The van der Waals surface area contributed by atoms with E-state index in [1.54, 1.807) is 19.2 Å². The molecule has 1 aliphatic heterocycles. The standard InChI is InChI=1S/C20H25N3O5/c1-27-19-6-8-20(9-7-19)28-15-18(24)14-21-10-12-22(13-11-21)16-2-4-17(5-3-16)23(25)26/h2-9,18,24H,10-15H2,1H3. The molecule has 0 saturated carbocycles. The zero-order chi connectivity index (χ0) is 19.9. The maximum atomic E-state index is 10.8. The summed E-state index contributed by atoms with van der Waals surface area (Å²) in [5.41, 5.74) is 1.08. The predicted octanol–water partition coefficient (Wildman–Crippen LogP) is 2.17. The van der Waals surface area contributed by atoms with Crippen LogP contribution < -0.4 is 14.4 Å². The molecular weight excluding hydrogens is 362 g/mol. The van der Waals surface area contributed by atoms with Gasteiger partial charge in [0.25, 0.3) is 5.69 Å². The van der Waals surface area contributed by atoms with Gasteiger partial charge in [0, 0.05) is 50.5 Å². The Morgan fingerprint density at radius 1 is 1.04 bits per heavy atom. The molecule has 1 heterocycles. The van der Waals surface area contributed by atoms with Gasteiger partial charge in [-0.3, -0.25) is 15.0 Å². The van der Waals surface area contributed by atoms with Gasteiger partial charge in [-0.05, 0) is 36.4 Å². The van der Waals surface area contributed by atoms with E-state index in [-0.39, 0.29) is 12.3 Å². The summed E-state index contributed by atoms with van der Waals surface area (Å²) >= 11 is 0. The van der Waals surface area contributed by atoms with Gasteiger partial charge < -0.3 is 19.5 Å². The number of hydrogen-bond donors (Lipinski definition) is 1. The Morgan fingerprint density at radius 2 is 1.64 bits per heavy atom. The highest BCUT2D eigenvalue weighted by Crippen LogP contribution is 2.21. The van der Waals surface area contributed by atoms with Crippen molar-refractivity contribution in [1.29, 1.82) is 0 Å². The number of benzene rings is 2. The summed E-state index contributed by atoms with van der Waals surface area (Å²) in [5.74, 6) is 1.46. The zero-order valence-electron chi connectivity index (χ0n) is 15.9. The minimum absolute atomic E-state index is 0.0994. The van der Waals surface area contributed by atoms with Crippen LogP contribution in [-0.2, 0) is 0 Å². The van der Waals surface area contributed by atoms with Crippen LogP contribution in [0.15, 0.2) is 48.5 Å². The van der Waals surface area contributed by atoms with Crippen LogP contribution in [0.4, 0.5) is 11.4 Å². The molecule has 28 heavy (non-hydrogen) atoms. The molecule has 1 aliphatic rings. The lowest BCUT2D eigenvalue weighted by Crippen LogP contribution is -2.49. The summed E-state index contributed by atoms with van der Waals surface area (Å²) in [4.78, 5) is 14.8. The molecule has 8 nitrogen and oxygen atoms in total. The minimum atomic E-state index is -0.576. The topological polar surface area (TPSA) is 88.3 Å². The summed E-state index contributed by atoms with van der Waals surface area (Å²) in [6.45, 7) is 4.03. The molecule has 0 aliphatic carbocycles. The smallest absolute Gasteiger partial charge is 0.269 e. The van der Waals surface area contributed by atoms with Crippen molar-refractivity contribution in [2.24, 2.45) is 0 Å². The van der Waals surface area contributed by atoms with E-state index in [1.165, 1.54) is 12.1 Å². The number of methoxy groups -OCH3 is 1. The lowest BCUT2D eigenvalue weighted by Gasteiger charge is -2.36. The number of rotatable bonds is 8. The maximum Gasteiger partial charge on any atom is 0.269 e. The number of nitro groups is 1. The van der Waals surface area contributed by atoms with Gasteiger partial charge in [-0.25, -0.2) is 0 Å². The summed E-state index contributed by atoms with van der Waals surface area (Å²) < 4.78 is 10.7. The number of anilines is 1. The fourth-order valence-corrected chi connectivity index (χ4v) is 3.19. The van der Waals surface area contributed by atoms with Crippen LogP contribution in [0, 0.1) is 10.1 Å². The average Bonchev–Trinajstić information content (AvgIpc) is 2.73. The second-order valence-electron chi connectivity index (χ2n) is 6.70. The van der Waals surface area contributed by atoms with Gasteiger partial charge in [0.15, 0.2) is 0 Å². The molecule has 1 atom stereocenters. The van der Waals surface area contributed by atoms with Gasteiger partial charge in [-0.1, -0.05) is 0 Å². The molecule has 150 valence electrons. The molecule has 0 radical (unpaired) electrons. The average molecular weight is 387 g/mol. The molecule has 1 saturated heterocycles. The molecule has 1 unspecified atom stereocenters. The summed E-state index contributed by atoms with van der Waals surface area (Å²) in [7, 11) is 1.61. The predicted molar refractivity (Wildman–Crippen MR) is 106 cm³/mol. The first-order chi connectivity index (χ1) is 13.5. The second-order valence-corrected chi connectivity index (χ2v) is 6.70. The summed E-state index contributed by atoms with van der Waals surface area (Å²) in [6.07, 6.45) is -0.576. The van der Waals surface area contributed by atoms with Crippen LogP contribution >= 0.6 is 0 Å². The van der Waals surface area contributed by atoms with E-state index >= 15 is 0 Å². The first-order valence-electron chi connectivity index (χ1n) is 9.22. The van der Waals surface area contributed by atoms with Gasteiger partial charge in [-0.2, -0.15) is 0 Å². The van der Waals surface area contributed by atoms with Gasteiger partial charge in [0.1, 0.15) is 24.2 Å². The molecule has 2 aromatic rings. The fraction of sp³-hybridized carbons (Fsp3) is 0.400. The number of nitro benzene ring substituents is 1. The van der Waals surface area contributed by atoms with Crippen LogP contribution in [0.5, 0.6) is 11.5 Å². The quantitative estimate of drug-likeness (QED) is 0.548. The molecule has 8 heteroatoms. The maximum absolute atomic E-state index is 10.8. The highest BCUT2D eigenvalue weighted by molar-refractivity contribution is 5.51. The molecular formula is C20H25N3O5. The van der Waals surface area contributed by atoms with E-state index in [9.17, 15) is 15.2 Å². The zero-order valence-corrected chi connectivity index (χ0v) is 15.9. The van der Waals surface area contributed by atoms with Crippen LogP contribution in [-0.4, -0.2) is 67.5 Å². The number of nitrogens with zero attached hydrogens (tertiary/aromatic N) is 3. The van der Waals surface area contributed by atoms with Gasteiger partial charge in [0.05, 0.1) is 12.0 Å². The minimum Gasteiger partial charge on any atom is -0.497 e. The van der Waals surface area contributed by atoms with Gasteiger partial charge >= 0.3 is 0 Å². The van der Waals surface area contributed by atoms with Crippen molar-refractivity contribution in [2.45, 2.75) is 6.10 Å². The Balaban J connectivity index is 1.41. The number of β-amino-alcohol motifs (C(OH)–C–C–N with tert-alkyl or cyclic N) is 1. The number of ether oxygens (including phenoxy) is 2. The normalized spacial score (nSPS) is 15.9. The van der Waals surface area contributed by atoms with Crippen molar-refractivity contribution in [3.63, 3.8) is 0 Å². The van der Waals surface area contributed by atoms with Crippen LogP contribution in [0.3, 0.4) is 0 Å². The van der Waals surface area contributed by atoms with E-state index in [2.05, 4.69) is 9.80 Å².